The Morgan fingerprint density at radius 2 is 2.00 bits per heavy atom. The normalized spacial score (nSPS) is 11.2. The molecule has 0 spiro atoms. The molecule has 4 aromatic heterocycles. The second-order valence-corrected chi connectivity index (χ2v) is 7.48. The number of pyridine rings is 1. The highest BCUT2D eigenvalue weighted by Crippen LogP contribution is 2.30. The molecule has 144 valence electrons. The molecule has 0 aliphatic heterocycles. The van der Waals surface area contributed by atoms with Crippen LogP contribution in [0.15, 0.2) is 77.8 Å². The van der Waals surface area contributed by atoms with Crippen molar-refractivity contribution in [2.24, 2.45) is 0 Å². The van der Waals surface area contributed by atoms with Crippen LogP contribution in [0.1, 0.15) is 11.3 Å². The maximum atomic E-state index is 10.2. The van der Waals surface area contributed by atoms with E-state index < -0.39 is 0 Å². The minimum Gasteiger partial charge on any atom is -0.508 e. The van der Waals surface area contributed by atoms with Gasteiger partial charge in [-0.1, -0.05) is 29.5 Å². The Labute approximate surface area is 170 Å². The van der Waals surface area contributed by atoms with Gasteiger partial charge in [-0.05, 0) is 30.3 Å². The standard InChI is InChI=1S/C21H17N5O2S/c27-19-8-2-1-5-16(19)12-25(13-17-7-4-10-28-17)21-24-26-14-18(23-20(26)29-21)15-6-3-9-22-11-15/h1-11,14,27H,12-13H2. The van der Waals surface area contributed by atoms with E-state index in [0.717, 1.165) is 32.7 Å². The molecule has 5 rings (SSSR count). The van der Waals surface area contributed by atoms with E-state index in [4.69, 9.17) is 9.52 Å². The second-order valence-electron chi connectivity index (χ2n) is 6.54. The summed E-state index contributed by atoms with van der Waals surface area (Å²) in [5.74, 6) is 1.08. The van der Waals surface area contributed by atoms with Crippen LogP contribution in [0.2, 0.25) is 0 Å². The van der Waals surface area contributed by atoms with Crippen molar-refractivity contribution >= 4 is 21.4 Å². The zero-order chi connectivity index (χ0) is 19.6. The van der Waals surface area contributed by atoms with Crippen LogP contribution in [0.5, 0.6) is 5.75 Å². The van der Waals surface area contributed by atoms with Gasteiger partial charge in [0.2, 0.25) is 10.1 Å². The molecule has 0 fully saturated rings. The Morgan fingerprint density at radius 1 is 1.07 bits per heavy atom. The van der Waals surface area contributed by atoms with Crippen molar-refractivity contribution in [3.63, 3.8) is 0 Å². The van der Waals surface area contributed by atoms with E-state index in [-0.39, 0.29) is 5.75 Å². The predicted molar refractivity (Wildman–Crippen MR) is 111 cm³/mol. The van der Waals surface area contributed by atoms with Crippen molar-refractivity contribution in [2.75, 3.05) is 4.90 Å². The second kappa shape index (κ2) is 7.40. The highest BCUT2D eigenvalue weighted by atomic mass is 32.1. The first kappa shape index (κ1) is 17.4. The molecule has 5 aromatic rings. The van der Waals surface area contributed by atoms with Gasteiger partial charge >= 0.3 is 0 Å². The summed E-state index contributed by atoms with van der Waals surface area (Å²) in [5, 5.41) is 15.7. The quantitative estimate of drug-likeness (QED) is 0.454. The van der Waals surface area contributed by atoms with Crippen LogP contribution in [0.25, 0.3) is 16.2 Å². The molecule has 8 heteroatoms. The van der Waals surface area contributed by atoms with E-state index in [9.17, 15) is 5.11 Å². The van der Waals surface area contributed by atoms with E-state index in [1.165, 1.54) is 11.3 Å². The van der Waals surface area contributed by atoms with Crippen molar-refractivity contribution in [1.29, 1.82) is 0 Å². The number of para-hydroxylation sites is 1. The summed E-state index contributed by atoms with van der Waals surface area (Å²) in [7, 11) is 0. The highest BCUT2D eigenvalue weighted by Gasteiger charge is 2.18. The van der Waals surface area contributed by atoms with Gasteiger partial charge in [-0.15, -0.1) is 5.10 Å². The third-order valence-electron chi connectivity index (χ3n) is 4.54. The summed E-state index contributed by atoms with van der Waals surface area (Å²) < 4.78 is 7.31. The molecule has 0 bridgehead atoms. The van der Waals surface area contributed by atoms with Gasteiger partial charge in [0.25, 0.3) is 0 Å². The zero-order valence-corrected chi connectivity index (χ0v) is 16.2. The molecule has 0 aliphatic rings. The molecule has 4 heterocycles. The molecule has 0 radical (unpaired) electrons. The molecule has 0 atom stereocenters. The monoisotopic (exact) mass is 403 g/mol. The zero-order valence-electron chi connectivity index (χ0n) is 15.3. The van der Waals surface area contributed by atoms with Crippen molar-refractivity contribution in [3.8, 4) is 17.0 Å². The smallest absolute Gasteiger partial charge is 0.214 e. The van der Waals surface area contributed by atoms with Crippen molar-refractivity contribution in [2.45, 2.75) is 13.1 Å². The number of imidazole rings is 1. The third-order valence-corrected chi connectivity index (χ3v) is 5.52. The number of hydrogen-bond acceptors (Lipinski definition) is 7. The average Bonchev–Trinajstić information content (AvgIpc) is 3.46. The van der Waals surface area contributed by atoms with Gasteiger partial charge in [0, 0.05) is 30.1 Å². The van der Waals surface area contributed by atoms with Gasteiger partial charge < -0.3 is 14.4 Å². The first-order valence-electron chi connectivity index (χ1n) is 9.07. The number of nitrogens with zero attached hydrogens (tertiary/aromatic N) is 5. The van der Waals surface area contributed by atoms with Crippen LogP contribution in [-0.2, 0) is 13.1 Å². The van der Waals surface area contributed by atoms with Gasteiger partial charge in [0.15, 0.2) is 0 Å². The first-order valence-corrected chi connectivity index (χ1v) is 9.89. The number of benzene rings is 1. The lowest BCUT2D eigenvalue weighted by Crippen LogP contribution is -2.22. The number of hydrogen-bond donors (Lipinski definition) is 1. The lowest BCUT2D eigenvalue weighted by molar-refractivity contribution is 0.464. The fourth-order valence-corrected chi connectivity index (χ4v) is 3.98. The predicted octanol–water partition coefficient (Wildman–Crippen LogP) is 4.36. The maximum absolute atomic E-state index is 10.2. The topological polar surface area (TPSA) is 79.7 Å². The van der Waals surface area contributed by atoms with Crippen molar-refractivity contribution in [1.82, 2.24) is 19.6 Å². The Hall–Kier alpha value is -3.65. The van der Waals surface area contributed by atoms with E-state index >= 15 is 0 Å². The van der Waals surface area contributed by atoms with Crippen LogP contribution in [-0.4, -0.2) is 24.7 Å². The Kier molecular flexibility index (Phi) is 4.45. The highest BCUT2D eigenvalue weighted by molar-refractivity contribution is 7.20. The lowest BCUT2D eigenvalue weighted by atomic mass is 10.2. The van der Waals surface area contributed by atoms with E-state index in [1.54, 1.807) is 29.2 Å². The minimum atomic E-state index is 0.261. The molecule has 0 unspecified atom stereocenters. The Morgan fingerprint density at radius 3 is 2.76 bits per heavy atom. The van der Waals surface area contributed by atoms with Crippen LogP contribution in [0, 0.1) is 0 Å². The third kappa shape index (κ3) is 3.57. The average molecular weight is 403 g/mol. The molecule has 0 saturated heterocycles. The number of fused-ring (bicyclic) bond motifs is 1. The molecule has 0 amide bonds. The van der Waals surface area contributed by atoms with Gasteiger partial charge in [-0.2, -0.15) is 0 Å². The number of aromatic nitrogens is 4. The fourth-order valence-electron chi connectivity index (χ4n) is 3.10. The number of aromatic hydroxyl groups is 1. The van der Waals surface area contributed by atoms with Gasteiger partial charge in [-0.3, -0.25) is 4.98 Å². The Bertz CT molecular complexity index is 1200. The van der Waals surface area contributed by atoms with Crippen LogP contribution in [0.3, 0.4) is 0 Å². The largest absolute Gasteiger partial charge is 0.508 e. The first-order chi connectivity index (χ1) is 14.3. The number of phenolic OH excluding ortho intramolecular Hbond substituents is 1. The van der Waals surface area contributed by atoms with Gasteiger partial charge in [-0.25, -0.2) is 9.50 Å². The lowest BCUT2D eigenvalue weighted by Gasteiger charge is -2.20. The van der Waals surface area contributed by atoms with E-state index in [0.29, 0.717) is 13.1 Å². The van der Waals surface area contributed by atoms with Crippen LogP contribution in [0.4, 0.5) is 5.13 Å². The summed E-state index contributed by atoms with van der Waals surface area (Å²) in [4.78, 5) is 11.7. The maximum Gasteiger partial charge on any atom is 0.214 e. The number of rotatable bonds is 6. The summed E-state index contributed by atoms with van der Waals surface area (Å²) in [6.07, 6.45) is 7.08. The summed E-state index contributed by atoms with van der Waals surface area (Å²) >= 11 is 1.49. The molecule has 29 heavy (non-hydrogen) atoms. The van der Waals surface area contributed by atoms with Crippen LogP contribution >= 0.6 is 11.3 Å². The summed E-state index contributed by atoms with van der Waals surface area (Å²) in [6.45, 7) is 1.03. The minimum absolute atomic E-state index is 0.261. The molecular formula is C21H17N5O2S. The molecule has 0 saturated carbocycles. The van der Waals surface area contributed by atoms with Gasteiger partial charge in [0.1, 0.15) is 11.5 Å². The fraction of sp³-hybridized carbons (Fsp3) is 0.0952. The molecule has 1 aromatic carbocycles. The molecule has 1 N–H and O–H groups in total. The number of anilines is 1. The van der Waals surface area contributed by atoms with Gasteiger partial charge in [0.05, 0.1) is 24.7 Å². The number of furan rings is 1. The van der Waals surface area contributed by atoms with Crippen LogP contribution < -0.4 is 4.90 Å². The Balaban J connectivity index is 1.48. The molecular weight excluding hydrogens is 386 g/mol. The van der Waals surface area contributed by atoms with E-state index in [1.807, 2.05) is 48.7 Å². The molecule has 7 nitrogen and oxygen atoms in total. The van der Waals surface area contributed by atoms with Crippen molar-refractivity contribution < 1.29 is 9.52 Å². The molecule has 0 aliphatic carbocycles. The van der Waals surface area contributed by atoms with Crippen molar-refractivity contribution in [3.05, 3.63) is 84.7 Å². The number of phenols is 1. The summed E-state index contributed by atoms with van der Waals surface area (Å²) in [5.41, 5.74) is 2.61. The summed E-state index contributed by atoms with van der Waals surface area (Å²) in [6, 6.07) is 15.0. The van der Waals surface area contributed by atoms with E-state index in [2.05, 4.69) is 14.9 Å². The SMILES string of the molecule is Oc1ccccc1CN(Cc1ccco1)c1nn2cc(-c3cccnc3)nc2s1.